The van der Waals surface area contributed by atoms with Crippen molar-refractivity contribution in [3.63, 3.8) is 0 Å². The number of piperidine rings is 1. The predicted molar refractivity (Wildman–Crippen MR) is 98.7 cm³/mol. The first-order valence-corrected chi connectivity index (χ1v) is 10.0. The van der Waals surface area contributed by atoms with E-state index in [9.17, 15) is 17.6 Å². The quantitative estimate of drug-likeness (QED) is 0.610. The van der Waals surface area contributed by atoms with E-state index < -0.39 is 20.9 Å². The molecule has 0 aromatic heterocycles. The molecule has 6 heteroatoms. The van der Waals surface area contributed by atoms with Crippen molar-refractivity contribution in [1.82, 2.24) is 4.90 Å². The maximum absolute atomic E-state index is 13.0. The van der Waals surface area contributed by atoms with Gasteiger partial charge in [0.15, 0.2) is 9.84 Å². The summed E-state index contributed by atoms with van der Waals surface area (Å²) in [6, 6.07) is 14.4. The predicted octanol–water partition coefficient (Wildman–Crippen LogP) is 3.30. The highest BCUT2D eigenvalue weighted by atomic mass is 32.2. The smallest absolute Gasteiger partial charge is 0.246 e. The lowest BCUT2D eigenvalue weighted by molar-refractivity contribution is -0.126. The second-order valence-electron chi connectivity index (χ2n) is 6.27. The minimum absolute atomic E-state index is 0.119. The van der Waals surface area contributed by atoms with Gasteiger partial charge in [-0.25, -0.2) is 12.8 Å². The van der Waals surface area contributed by atoms with Gasteiger partial charge in [-0.1, -0.05) is 30.3 Å². The molecule has 0 aliphatic carbocycles. The molecule has 0 spiro atoms. The van der Waals surface area contributed by atoms with E-state index in [2.05, 4.69) is 0 Å². The van der Waals surface area contributed by atoms with Gasteiger partial charge < -0.3 is 4.90 Å². The number of benzene rings is 2. The van der Waals surface area contributed by atoms with E-state index in [4.69, 9.17) is 0 Å². The van der Waals surface area contributed by atoms with Gasteiger partial charge in [0.05, 0.1) is 10.1 Å². The molecule has 0 atom stereocenters. The van der Waals surface area contributed by atoms with Crippen LogP contribution < -0.4 is 0 Å². The number of hydrogen-bond acceptors (Lipinski definition) is 3. The Hall–Kier alpha value is -2.47. The molecule has 0 N–H and O–H groups in total. The second kappa shape index (κ2) is 7.83. The van der Waals surface area contributed by atoms with E-state index in [1.54, 1.807) is 11.0 Å². The number of sulfone groups is 1. The van der Waals surface area contributed by atoms with E-state index in [-0.39, 0.29) is 10.8 Å². The maximum atomic E-state index is 13.0. The highest BCUT2D eigenvalue weighted by molar-refractivity contribution is 7.92. The normalized spacial score (nSPS) is 16.1. The number of carbonyl (C=O) groups is 1. The molecule has 136 valence electrons. The average Bonchev–Trinajstić information content (AvgIpc) is 2.67. The first-order chi connectivity index (χ1) is 12.5. The van der Waals surface area contributed by atoms with Crippen LogP contribution in [0, 0.1) is 5.82 Å². The van der Waals surface area contributed by atoms with Crippen molar-refractivity contribution < 1.29 is 17.6 Å². The summed E-state index contributed by atoms with van der Waals surface area (Å²) in [6.45, 7) is 0.784. The van der Waals surface area contributed by atoms with Crippen molar-refractivity contribution in [3.8, 4) is 0 Å². The Bertz CT molecular complexity index is 884. The Balaban J connectivity index is 1.61. The van der Waals surface area contributed by atoms with Gasteiger partial charge in [0.2, 0.25) is 5.91 Å². The molecular weight excluding hydrogens is 353 g/mol. The topological polar surface area (TPSA) is 54.5 Å². The molecule has 2 aromatic carbocycles. The van der Waals surface area contributed by atoms with Crippen LogP contribution in [0.2, 0.25) is 0 Å². The monoisotopic (exact) mass is 373 g/mol. The molecule has 3 rings (SSSR count). The van der Waals surface area contributed by atoms with Crippen molar-refractivity contribution >= 4 is 21.8 Å². The van der Waals surface area contributed by atoms with E-state index in [1.165, 1.54) is 18.2 Å². The summed E-state index contributed by atoms with van der Waals surface area (Å²) in [5.41, 5.74) is 0.939. The molecule has 4 nitrogen and oxygen atoms in total. The zero-order valence-electron chi connectivity index (χ0n) is 14.2. The Morgan fingerprint density at radius 3 is 2.23 bits per heavy atom. The van der Waals surface area contributed by atoms with E-state index >= 15 is 0 Å². The van der Waals surface area contributed by atoms with Gasteiger partial charge in [0.1, 0.15) is 5.82 Å². The standard InChI is InChI=1S/C20H20FNO3S/c21-17-7-9-18(10-8-17)26(24,25)19-12-14-22(15-13-19)20(23)11-6-16-4-2-1-3-5-16/h1-11,19H,12-15H2/b11-6+. The van der Waals surface area contributed by atoms with E-state index in [0.717, 1.165) is 17.7 Å². The number of hydrogen-bond donors (Lipinski definition) is 0. The van der Waals surface area contributed by atoms with Crippen LogP contribution >= 0.6 is 0 Å². The van der Waals surface area contributed by atoms with Gasteiger partial charge in [-0.15, -0.1) is 0 Å². The fourth-order valence-electron chi connectivity index (χ4n) is 3.04. The lowest BCUT2D eigenvalue weighted by Gasteiger charge is -2.31. The van der Waals surface area contributed by atoms with Gasteiger partial charge in [0.25, 0.3) is 0 Å². The van der Waals surface area contributed by atoms with Gasteiger partial charge in [-0.05, 0) is 48.7 Å². The highest BCUT2D eigenvalue weighted by Gasteiger charge is 2.32. The van der Waals surface area contributed by atoms with Crippen LogP contribution in [0.1, 0.15) is 18.4 Å². The Labute approximate surface area is 152 Å². The van der Waals surface area contributed by atoms with Crippen LogP contribution in [-0.2, 0) is 14.6 Å². The maximum Gasteiger partial charge on any atom is 0.246 e. The molecule has 26 heavy (non-hydrogen) atoms. The zero-order chi connectivity index (χ0) is 18.6. The van der Waals surface area contributed by atoms with E-state index in [0.29, 0.717) is 25.9 Å². The van der Waals surface area contributed by atoms with Crippen molar-refractivity contribution in [2.24, 2.45) is 0 Å². The van der Waals surface area contributed by atoms with Gasteiger partial charge in [0, 0.05) is 19.2 Å². The number of nitrogens with zero attached hydrogens (tertiary/aromatic N) is 1. The van der Waals surface area contributed by atoms with Crippen LogP contribution in [0.15, 0.2) is 65.6 Å². The molecule has 0 unspecified atom stereocenters. The molecule has 1 saturated heterocycles. The first kappa shape index (κ1) is 18.3. The molecule has 2 aromatic rings. The summed E-state index contributed by atoms with van der Waals surface area (Å²) >= 11 is 0. The Kier molecular flexibility index (Phi) is 5.52. The third-order valence-electron chi connectivity index (χ3n) is 4.55. The summed E-state index contributed by atoms with van der Waals surface area (Å²) in [5, 5.41) is -0.546. The summed E-state index contributed by atoms with van der Waals surface area (Å²) in [7, 11) is -3.51. The van der Waals surface area contributed by atoms with Crippen LogP contribution in [-0.4, -0.2) is 37.6 Å². The third-order valence-corrected chi connectivity index (χ3v) is 6.83. The molecule has 0 radical (unpaired) electrons. The number of likely N-dealkylation sites (tertiary alicyclic amines) is 1. The van der Waals surface area contributed by atoms with Crippen LogP contribution in [0.3, 0.4) is 0 Å². The fraction of sp³-hybridized carbons (Fsp3) is 0.250. The Morgan fingerprint density at radius 1 is 1.00 bits per heavy atom. The number of rotatable bonds is 4. The van der Waals surface area contributed by atoms with Crippen LogP contribution in [0.25, 0.3) is 6.08 Å². The molecule has 1 aliphatic heterocycles. The zero-order valence-corrected chi connectivity index (χ0v) is 15.0. The molecule has 0 bridgehead atoms. The average molecular weight is 373 g/mol. The molecule has 1 fully saturated rings. The number of halogens is 1. The van der Waals surface area contributed by atoms with Gasteiger partial charge in [-0.3, -0.25) is 4.79 Å². The van der Waals surface area contributed by atoms with Crippen molar-refractivity contribution in [1.29, 1.82) is 0 Å². The number of amides is 1. The largest absolute Gasteiger partial charge is 0.339 e. The van der Waals surface area contributed by atoms with Gasteiger partial charge in [-0.2, -0.15) is 0 Å². The lowest BCUT2D eigenvalue weighted by Crippen LogP contribution is -2.41. The van der Waals surface area contributed by atoms with Crippen molar-refractivity contribution in [2.75, 3.05) is 13.1 Å². The second-order valence-corrected chi connectivity index (χ2v) is 8.50. The summed E-state index contributed by atoms with van der Waals surface area (Å²) in [5.74, 6) is -0.582. The molecule has 1 aliphatic rings. The SMILES string of the molecule is O=C(/C=C/c1ccccc1)N1CCC(S(=O)(=O)c2ccc(F)cc2)CC1. The number of carbonyl (C=O) groups excluding carboxylic acids is 1. The van der Waals surface area contributed by atoms with Gasteiger partial charge >= 0.3 is 0 Å². The molecule has 1 amide bonds. The Morgan fingerprint density at radius 2 is 1.62 bits per heavy atom. The minimum atomic E-state index is -3.51. The van der Waals surface area contributed by atoms with Crippen LogP contribution in [0.5, 0.6) is 0 Å². The first-order valence-electron chi connectivity index (χ1n) is 8.48. The molecule has 0 saturated carbocycles. The fourth-order valence-corrected chi connectivity index (χ4v) is 4.77. The van der Waals surface area contributed by atoms with Crippen molar-refractivity contribution in [3.05, 3.63) is 72.1 Å². The van der Waals surface area contributed by atoms with E-state index in [1.807, 2.05) is 30.3 Å². The molecular formula is C20H20FNO3S. The summed E-state index contributed by atoms with van der Waals surface area (Å²) < 4.78 is 38.3. The highest BCUT2D eigenvalue weighted by Crippen LogP contribution is 2.25. The third kappa shape index (κ3) is 4.19. The summed E-state index contributed by atoms with van der Waals surface area (Å²) in [6.07, 6.45) is 4.03. The molecule has 1 heterocycles. The lowest BCUT2D eigenvalue weighted by atomic mass is 10.1. The van der Waals surface area contributed by atoms with Crippen LogP contribution in [0.4, 0.5) is 4.39 Å². The summed E-state index contributed by atoms with van der Waals surface area (Å²) in [4.78, 5) is 14.1. The van der Waals surface area contributed by atoms with Crippen molar-refractivity contribution in [2.45, 2.75) is 23.0 Å². The minimum Gasteiger partial charge on any atom is -0.339 e.